The molecular formula is C14H20N4O2. The molecule has 6 heteroatoms. The second-order valence-electron chi connectivity index (χ2n) is 5.58. The van der Waals surface area contributed by atoms with Crippen LogP contribution in [0.2, 0.25) is 0 Å². The van der Waals surface area contributed by atoms with E-state index in [0.717, 1.165) is 5.39 Å². The summed E-state index contributed by atoms with van der Waals surface area (Å²) >= 11 is 0. The monoisotopic (exact) mass is 276 g/mol. The molecule has 2 aromatic rings. The zero-order chi connectivity index (χ0) is 14.9. The van der Waals surface area contributed by atoms with Crippen molar-refractivity contribution < 1.29 is 9.32 Å². The third-order valence-corrected chi connectivity index (χ3v) is 3.87. The largest absolute Gasteiger partial charge is 0.345 e. The Morgan fingerprint density at radius 2 is 2.25 bits per heavy atom. The normalized spacial score (nSPS) is 14.5. The molecule has 2 rings (SSSR count). The standard InChI is InChI=1S/C14H20N4O2/c1-8(2)14(4,7-15)17-12(19)10-5-11-9(3)18-20-13(11)16-6-10/h5-6,8H,7,15H2,1-4H3,(H,17,19). The lowest BCUT2D eigenvalue weighted by atomic mass is 9.88. The first-order chi connectivity index (χ1) is 9.37. The Hall–Kier alpha value is -1.95. The van der Waals surface area contributed by atoms with E-state index in [0.29, 0.717) is 23.5 Å². The van der Waals surface area contributed by atoms with Crippen molar-refractivity contribution in [3.63, 3.8) is 0 Å². The van der Waals surface area contributed by atoms with E-state index in [4.69, 9.17) is 10.3 Å². The van der Waals surface area contributed by atoms with Crippen molar-refractivity contribution >= 4 is 17.0 Å². The van der Waals surface area contributed by atoms with Gasteiger partial charge in [0.25, 0.3) is 11.6 Å². The number of carbonyl (C=O) groups excluding carboxylic acids is 1. The van der Waals surface area contributed by atoms with Crippen LogP contribution in [0, 0.1) is 12.8 Å². The SMILES string of the molecule is Cc1noc2ncc(C(=O)NC(C)(CN)C(C)C)cc12. The van der Waals surface area contributed by atoms with Gasteiger partial charge in [0.2, 0.25) is 0 Å². The molecule has 3 N–H and O–H groups in total. The summed E-state index contributed by atoms with van der Waals surface area (Å²) in [6.45, 7) is 8.18. The van der Waals surface area contributed by atoms with E-state index in [1.807, 2.05) is 27.7 Å². The van der Waals surface area contributed by atoms with E-state index >= 15 is 0 Å². The summed E-state index contributed by atoms with van der Waals surface area (Å²) in [4.78, 5) is 16.4. The van der Waals surface area contributed by atoms with Crippen molar-refractivity contribution in [2.75, 3.05) is 6.54 Å². The minimum absolute atomic E-state index is 0.193. The van der Waals surface area contributed by atoms with E-state index in [9.17, 15) is 4.79 Å². The van der Waals surface area contributed by atoms with Crippen molar-refractivity contribution in [3.05, 3.63) is 23.5 Å². The maximum Gasteiger partial charge on any atom is 0.257 e. The summed E-state index contributed by atoms with van der Waals surface area (Å²) in [6.07, 6.45) is 1.49. The van der Waals surface area contributed by atoms with E-state index in [1.165, 1.54) is 6.20 Å². The molecule has 20 heavy (non-hydrogen) atoms. The van der Waals surface area contributed by atoms with Crippen LogP contribution in [0.3, 0.4) is 0 Å². The summed E-state index contributed by atoms with van der Waals surface area (Å²) < 4.78 is 5.03. The molecular weight excluding hydrogens is 256 g/mol. The van der Waals surface area contributed by atoms with Gasteiger partial charge in [-0.05, 0) is 25.8 Å². The third-order valence-electron chi connectivity index (χ3n) is 3.87. The van der Waals surface area contributed by atoms with Crippen LogP contribution < -0.4 is 11.1 Å². The number of amides is 1. The predicted octanol–water partition coefficient (Wildman–Crippen LogP) is 1.63. The third kappa shape index (κ3) is 2.51. The smallest absolute Gasteiger partial charge is 0.257 e. The number of hydrogen-bond donors (Lipinski definition) is 2. The van der Waals surface area contributed by atoms with Crippen molar-refractivity contribution in [3.8, 4) is 0 Å². The van der Waals surface area contributed by atoms with Crippen LogP contribution >= 0.6 is 0 Å². The predicted molar refractivity (Wildman–Crippen MR) is 76.3 cm³/mol. The van der Waals surface area contributed by atoms with Crippen LogP contribution in [0.4, 0.5) is 0 Å². The van der Waals surface area contributed by atoms with E-state index < -0.39 is 5.54 Å². The molecule has 0 aromatic carbocycles. The zero-order valence-corrected chi connectivity index (χ0v) is 12.2. The molecule has 2 heterocycles. The molecule has 0 spiro atoms. The molecule has 0 saturated carbocycles. The lowest BCUT2D eigenvalue weighted by Gasteiger charge is -2.33. The Morgan fingerprint density at radius 1 is 1.55 bits per heavy atom. The van der Waals surface area contributed by atoms with Crippen LogP contribution in [0.1, 0.15) is 36.8 Å². The summed E-state index contributed by atoms with van der Waals surface area (Å²) in [5.74, 6) is 0.0344. The Labute approximate surface area is 117 Å². The second kappa shape index (κ2) is 5.20. The van der Waals surface area contributed by atoms with Gasteiger partial charge in [-0.2, -0.15) is 0 Å². The van der Waals surface area contributed by atoms with Gasteiger partial charge < -0.3 is 15.6 Å². The number of pyridine rings is 1. The fourth-order valence-electron chi connectivity index (χ4n) is 1.83. The van der Waals surface area contributed by atoms with Gasteiger partial charge in [0.1, 0.15) is 0 Å². The average molecular weight is 276 g/mol. The van der Waals surface area contributed by atoms with Gasteiger partial charge in [-0.3, -0.25) is 4.79 Å². The van der Waals surface area contributed by atoms with Gasteiger partial charge >= 0.3 is 0 Å². The fraction of sp³-hybridized carbons (Fsp3) is 0.500. The van der Waals surface area contributed by atoms with E-state index in [1.54, 1.807) is 6.07 Å². The van der Waals surface area contributed by atoms with E-state index in [2.05, 4.69) is 15.5 Å². The first-order valence-corrected chi connectivity index (χ1v) is 6.62. The van der Waals surface area contributed by atoms with Crippen LogP contribution in [0.25, 0.3) is 11.1 Å². The van der Waals surface area contributed by atoms with Crippen molar-refractivity contribution in [1.82, 2.24) is 15.5 Å². The number of nitrogens with zero attached hydrogens (tertiary/aromatic N) is 2. The maximum absolute atomic E-state index is 12.3. The number of nitrogens with one attached hydrogen (secondary N) is 1. The first-order valence-electron chi connectivity index (χ1n) is 6.62. The Kier molecular flexibility index (Phi) is 3.76. The van der Waals surface area contributed by atoms with Crippen LogP contribution in [0.15, 0.2) is 16.8 Å². The number of fused-ring (bicyclic) bond motifs is 1. The second-order valence-corrected chi connectivity index (χ2v) is 5.58. The highest BCUT2D eigenvalue weighted by Gasteiger charge is 2.29. The molecule has 108 valence electrons. The molecule has 0 aliphatic rings. The average Bonchev–Trinajstić information content (AvgIpc) is 2.79. The van der Waals surface area contributed by atoms with Gasteiger partial charge in [0.05, 0.1) is 22.2 Å². The van der Waals surface area contributed by atoms with Crippen LogP contribution in [0.5, 0.6) is 0 Å². The maximum atomic E-state index is 12.3. The highest BCUT2D eigenvalue weighted by Crippen LogP contribution is 2.19. The minimum atomic E-state index is -0.449. The molecule has 0 aliphatic carbocycles. The quantitative estimate of drug-likeness (QED) is 0.885. The van der Waals surface area contributed by atoms with Gasteiger partial charge in [0.15, 0.2) is 0 Å². The molecule has 0 radical (unpaired) electrons. The number of carbonyl (C=O) groups is 1. The van der Waals surface area contributed by atoms with Crippen molar-refractivity contribution in [2.24, 2.45) is 11.7 Å². The lowest BCUT2D eigenvalue weighted by molar-refractivity contribution is 0.0883. The van der Waals surface area contributed by atoms with Gasteiger partial charge in [-0.15, -0.1) is 0 Å². The Morgan fingerprint density at radius 3 is 2.85 bits per heavy atom. The lowest BCUT2D eigenvalue weighted by Crippen LogP contribution is -2.55. The van der Waals surface area contributed by atoms with E-state index in [-0.39, 0.29) is 11.8 Å². The topological polar surface area (TPSA) is 94.0 Å². The number of nitrogens with two attached hydrogens (primary N) is 1. The molecule has 2 aromatic heterocycles. The van der Waals surface area contributed by atoms with Crippen LogP contribution in [-0.4, -0.2) is 28.1 Å². The number of aryl methyl sites for hydroxylation is 1. The Bertz CT molecular complexity index is 635. The summed E-state index contributed by atoms with van der Waals surface area (Å²) in [6, 6.07) is 1.74. The van der Waals surface area contributed by atoms with Gasteiger partial charge in [-0.25, -0.2) is 4.98 Å². The van der Waals surface area contributed by atoms with Crippen molar-refractivity contribution in [2.45, 2.75) is 33.2 Å². The molecule has 1 amide bonds. The molecule has 6 nitrogen and oxygen atoms in total. The molecule has 0 fully saturated rings. The Balaban J connectivity index is 2.29. The highest BCUT2D eigenvalue weighted by atomic mass is 16.5. The molecule has 1 unspecified atom stereocenters. The number of hydrogen-bond acceptors (Lipinski definition) is 5. The number of aromatic nitrogens is 2. The minimum Gasteiger partial charge on any atom is -0.345 e. The molecule has 0 aliphatic heterocycles. The number of rotatable bonds is 4. The van der Waals surface area contributed by atoms with Crippen molar-refractivity contribution in [1.29, 1.82) is 0 Å². The highest BCUT2D eigenvalue weighted by molar-refractivity contribution is 5.97. The van der Waals surface area contributed by atoms with Gasteiger partial charge in [-0.1, -0.05) is 19.0 Å². The summed E-state index contributed by atoms with van der Waals surface area (Å²) in [5.41, 5.74) is 6.95. The van der Waals surface area contributed by atoms with Crippen LogP contribution in [-0.2, 0) is 0 Å². The summed E-state index contributed by atoms with van der Waals surface area (Å²) in [5, 5.41) is 7.55. The summed E-state index contributed by atoms with van der Waals surface area (Å²) in [7, 11) is 0. The molecule has 0 bridgehead atoms. The van der Waals surface area contributed by atoms with Gasteiger partial charge in [0, 0.05) is 12.7 Å². The molecule has 1 atom stereocenters. The first kappa shape index (κ1) is 14.5. The fourth-order valence-corrected chi connectivity index (χ4v) is 1.83. The molecule has 0 saturated heterocycles. The zero-order valence-electron chi connectivity index (χ0n) is 12.2.